The normalized spacial score (nSPS) is 11.3. The van der Waals surface area contributed by atoms with E-state index in [-0.39, 0.29) is 5.56 Å². The number of nitrogens with two attached hydrogens (primary N) is 1. The van der Waals surface area contributed by atoms with Crippen molar-refractivity contribution in [2.45, 2.75) is 40.2 Å². The molecule has 15 heavy (non-hydrogen) atoms. The van der Waals surface area contributed by atoms with Crippen LogP contribution in [0.3, 0.4) is 0 Å². The van der Waals surface area contributed by atoms with Crippen LogP contribution < -0.4 is 11.3 Å². The van der Waals surface area contributed by atoms with Crippen LogP contribution in [0.25, 0.3) is 0 Å². The maximum Gasteiger partial charge on any atom is 0.290 e. The lowest BCUT2D eigenvalue weighted by atomic mass is 10.1. The zero-order valence-corrected chi connectivity index (χ0v) is 10.1. The third-order valence-corrected chi connectivity index (χ3v) is 2.57. The van der Waals surface area contributed by atoms with Gasteiger partial charge in [-0.1, -0.05) is 20.8 Å². The van der Waals surface area contributed by atoms with Crippen LogP contribution in [0.1, 0.15) is 32.9 Å². The SMILES string of the molecule is CCCn1c(=O)c(N)c(CC(C)C)n1C. The summed E-state index contributed by atoms with van der Waals surface area (Å²) in [4.78, 5) is 11.8. The van der Waals surface area contributed by atoms with Gasteiger partial charge in [-0.25, -0.2) is 4.68 Å². The molecule has 0 aliphatic carbocycles. The summed E-state index contributed by atoms with van der Waals surface area (Å²) < 4.78 is 3.62. The average Bonchev–Trinajstić information content (AvgIpc) is 2.35. The molecule has 0 aliphatic heterocycles. The van der Waals surface area contributed by atoms with Crippen LogP contribution in [0.5, 0.6) is 0 Å². The van der Waals surface area contributed by atoms with Gasteiger partial charge in [0.15, 0.2) is 0 Å². The van der Waals surface area contributed by atoms with Crippen molar-refractivity contribution < 1.29 is 0 Å². The Bertz CT molecular complexity index is 387. The third kappa shape index (κ3) is 2.25. The zero-order valence-electron chi connectivity index (χ0n) is 10.1. The Labute approximate surface area is 90.7 Å². The molecule has 2 N–H and O–H groups in total. The lowest BCUT2D eigenvalue weighted by molar-refractivity contribution is 0.466. The van der Waals surface area contributed by atoms with Gasteiger partial charge in [-0.15, -0.1) is 0 Å². The molecule has 0 spiro atoms. The second-order valence-corrected chi connectivity index (χ2v) is 4.41. The lowest BCUT2D eigenvalue weighted by Gasteiger charge is -2.10. The van der Waals surface area contributed by atoms with Crippen molar-refractivity contribution in [3.63, 3.8) is 0 Å². The van der Waals surface area contributed by atoms with E-state index in [9.17, 15) is 4.79 Å². The van der Waals surface area contributed by atoms with Gasteiger partial charge in [0.25, 0.3) is 5.56 Å². The van der Waals surface area contributed by atoms with Crippen LogP contribution in [-0.2, 0) is 20.0 Å². The summed E-state index contributed by atoms with van der Waals surface area (Å²) in [7, 11) is 1.91. The molecule has 1 aromatic rings. The minimum Gasteiger partial charge on any atom is -0.393 e. The van der Waals surface area contributed by atoms with Crippen molar-refractivity contribution >= 4 is 5.69 Å². The first kappa shape index (κ1) is 11.9. The van der Waals surface area contributed by atoms with E-state index in [0.717, 1.165) is 25.1 Å². The summed E-state index contributed by atoms with van der Waals surface area (Å²) >= 11 is 0. The third-order valence-electron chi connectivity index (χ3n) is 2.57. The number of nitrogens with zero attached hydrogens (tertiary/aromatic N) is 2. The smallest absolute Gasteiger partial charge is 0.290 e. The van der Waals surface area contributed by atoms with E-state index in [1.54, 1.807) is 4.68 Å². The van der Waals surface area contributed by atoms with Gasteiger partial charge in [-0.05, 0) is 18.8 Å². The van der Waals surface area contributed by atoms with E-state index in [4.69, 9.17) is 5.73 Å². The van der Waals surface area contributed by atoms with Crippen LogP contribution in [0, 0.1) is 5.92 Å². The average molecular weight is 211 g/mol. The largest absolute Gasteiger partial charge is 0.393 e. The second kappa shape index (κ2) is 4.55. The minimum atomic E-state index is -0.0463. The monoisotopic (exact) mass is 211 g/mol. The molecule has 0 saturated heterocycles. The number of nitrogen functional groups attached to an aromatic ring is 1. The van der Waals surface area contributed by atoms with Crippen molar-refractivity contribution in [2.24, 2.45) is 13.0 Å². The molecular formula is C11H21N3O. The van der Waals surface area contributed by atoms with Crippen LogP contribution in [0.2, 0.25) is 0 Å². The van der Waals surface area contributed by atoms with Gasteiger partial charge < -0.3 is 5.73 Å². The van der Waals surface area contributed by atoms with Gasteiger partial charge >= 0.3 is 0 Å². The molecule has 0 aliphatic rings. The van der Waals surface area contributed by atoms with E-state index in [0.29, 0.717) is 11.6 Å². The van der Waals surface area contributed by atoms with E-state index in [1.807, 2.05) is 11.7 Å². The highest BCUT2D eigenvalue weighted by atomic mass is 16.1. The molecule has 0 saturated carbocycles. The van der Waals surface area contributed by atoms with Gasteiger partial charge in [0.2, 0.25) is 0 Å². The van der Waals surface area contributed by atoms with Gasteiger partial charge in [0, 0.05) is 13.6 Å². The summed E-state index contributed by atoms with van der Waals surface area (Å²) in [5.41, 5.74) is 7.16. The van der Waals surface area contributed by atoms with Crippen LogP contribution in [0.4, 0.5) is 5.69 Å². The molecular weight excluding hydrogens is 190 g/mol. The molecule has 1 rings (SSSR count). The Morgan fingerprint density at radius 3 is 2.47 bits per heavy atom. The fraction of sp³-hybridized carbons (Fsp3) is 0.727. The van der Waals surface area contributed by atoms with Gasteiger partial charge in [0.1, 0.15) is 5.69 Å². The van der Waals surface area contributed by atoms with Gasteiger partial charge in [-0.3, -0.25) is 9.48 Å². The highest BCUT2D eigenvalue weighted by molar-refractivity contribution is 5.41. The molecule has 1 heterocycles. The predicted octanol–water partition coefficient (Wildman–Crippen LogP) is 1.38. The molecule has 4 nitrogen and oxygen atoms in total. The van der Waals surface area contributed by atoms with Crippen molar-refractivity contribution in [3.8, 4) is 0 Å². The highest BCUT2D eigenvalue weighted by Gasteiger charge is 2.15. The summed E-state index contributed by atoms with van der Waals surface area (Å²) in [5.74, 6) is 0.510. The van der Waals surface area contributed by atoms with E-state index in [2.05, 4.69) is 20.8 Å². The van der Waals surface area contributed by atoms with Crippen molar-refractivity contribution in [3.05, 3.63) is 16.0 Å². The summed E-state index contributed by atoms with van der Waals surface area (Å²) in [5, 5.41) is 0. The Hall–Kier alpha value is -1.19. The maximum atomic E-state index is 11.8. The summed E-state index contributed by atoms with van der Waals surface area (Å²) in [6.07, 6.45) is 1.80. The molecule has 4 heteroatoms. The van der Waals surface area contributed by atoms with Crippen LogP contribution in [0.15, 0.2) is 4.79 Å². The fourth-order valence-corrected chi connectivity index (χ4v) is 1.81. The first-order chi connectivity index (χ1) is 6.99. The summed E-state index contributed by atoms with van der Waals surface area (Å²) in [6, 6.07) is 0. The van der Waals surface area contributed by atoms with E-state index >= 15 is 0 Å². The molecule has 0 amide bonds. The van der Waals surface area contributed by atoms with Crippen molar-refractivity contribution in [1.29, 1.82) is 0 Å². The Morgan fingerprint density at radius 1 is 1.40 bits per heavy atom. The molecule has 0 atom stereocenters. The predicted molar refractivity (Wildman–Crippen MR) is 62.9 cm³/mol. The quantitative estimate of drug-likeness (QED) is 0.818. The standard InChI is InChI=1S/C11H21N3O/c1-5-6-14-11(15)10(12)9(13(14)4)7-8(2)3/h8H,5-7,12H2,1-4H3. The number of hydrogen-bond acceptors (Lipinski definition) is 2. The molecule has 0 bridgehead atoms. The fourth-order valence-electron chi connectivity index (χ4n) is 1.81. The molecule has 0 fully saturated rings. The topological polar surface area (TPSA) is 52.9 Å². The molecule has 0 radical (unpaired) electrons. The van der Waals surface area contributed by atoms with Crippen molar-refractivity contribution in [1.82, 2.24) is 9.36 Å². The van der Waals surface area contributed by atoms with E-state index in [1.165, 1.54) is 0 Å². The number of rotatable bonds is 4. The zero-order chi connectivity index (χ0) is 11.6. The molecule has 86 valence electrons. The second-order valence-electron chi connectivity index (χ2n) is 4.41. The molecule has 0 aromatic carbocycles. The molecule has 0 unspecified atom stereocenters. The first-order valence-corrected chi connectivity index (χ1v) is 5.53. The number of aromatic nitrogens is 2. The first-order valence-electron chi connectivity index (χ1n) is 5.53. The summed E-state index contributed by atoms with van der Waals surface area (Å²) in [6.45, 7) is 7.04. The highest BCUT2D eigenvalue weighted by Crippen LogP contribution is 2.12. The van der Waals surface area contributed by atoms with Gasteiger partial charge in [0.05, 0.1) is 5.69 Å². The Balaban J connectivity index is 3.17. The minimum absolute atomic E-state index is 0.0463. The van der Waals surface area contributed by atoms with Crippen molar-refractivity contribution in [2.75, 3.05) is 5.73 Å². The Morgan fingerprint density at radius 2 is 2.00 bits per heavy atom. The molecule has 1 aromatic heterocycles. The maximum absolute atomic E-state index is 11.8. The van der Waals surface area contributed by atoms with Crippen LogP contribution in [-0.4, -0.2) is 9.36 Å². The Kier molecular flexibility index (Phi) is 3.61. The van der Waals surface area contributed by atoms with Crippen LogP contribution >= 0.6 is 0 Å². The number of hydrogen-bond donors (Lipinski definition) is 1. The van der Waals surface area contributed by atoms with Gasteiger partial charge in [-0.2, -0.15) is 0 Å². The van der Waals surface area contributed by atoms with E-state index < -0.39 is 0 Å². The lowest BCUT2D eigenvalue weighted by Crippen LogP contribution is -2.22. The number of anilines is 1.